The molecule has 0 saturated carbocycles. The maximum Gasteiger partial charge on any atom is 0.335 e. The molecule has 0 bridgehead atoms. The number of aliphatic hydroxyl groups is 4. The van der Waals surface area contributed by atoms with E-state index in [2.05, 4.69) is 15.5 Å². The Morgan fingerprint density at radius 3 is 2.05 bits per heavy atom. The zero-order valence-electron chi connectivity index (χ0n) is 23.1. The van der Waals surface area contributed by atoms with E-state index in [9.17, 15) is 39.9 Å². The molecule has 1 amide bonds. The van der Waals surface area contributed by atoms with Gasteiger partial charge in [-0.3, -0.25) is 9.59 Å². The summed E-state index contributed by atoms with van der Waals surface area (Å²) in [6.07, 6.45) is -16.6. The molecule has 6 N–H and O–H groups in total. The molecule has 0 spiro atoms. The van der Waals surface area contributed by atoms with Crippen molar-refractivity contribution in [2.24, 2.45) is 10.2 Å². The summed E-state index contributed by atoms with van der Waals surface area (Å²) in [5.41, 5.74) is 0.808. The highest BCUT2D eigenvalue weighted by Crippen LogP contribution is 2.38. The lowest BCUT2D eigenvalue weighted by Crippen LogP contribution is -2.66. The molecule has 3 aliphatic rings. The Labute approximate surface area is 240 Å². The molecule has 2 fully saturated rings. The van der Waals surface area contributed by atoms with Crippen molar-refractivity contribution >= 4 is 17.7 Å². The van der Waals surface area contributed by atoms with Gasteiger partial charge < -0.3 is 54.5 Å². The Bertz CT molecular complexity index is 1160. The van der Waals surface area contributed by atoms with Gasteiger partial charge in [-0.15, -0.1) is 0 Å². The average molecular weight is 598 g/mol. The fraction of sp³-hybridized carbons (Fsp3) is 0.654. The van der Waals surface area contributed by atoms with E-state index < -0.39 is 79.0 Å². The number of aliphatic hydroxyl groups excluding tert-OH is 4. The molecule has 1 aromatic rings. The van der Waals surface area contributed by atoms with Crippen LogP contribution in [-0.4, -0.2) is 125 Å². The largest absolute Gasteiger partial charge is 0.479 e. The molecular weight excluding hydrogens is 562 g/mol. The number of hydrogen-bond donors (Lipinski definition) is 6. The monoisotopic (exact) mass is 597 g/mol. The Morgan fingerprint density at radius 1 is 0.881 bits per heavy atom. The second kappa shape index (κ2) is 13.2. The Kier molecular flexibility index (Phi) is 10.0. The van der Waals surface area contributed by atoms with Crippen LogP contribution in [0.5, 0.6) is 0 Å². The van der Waals surface area contributed by atoms with Gasteiger partial charge in [0.05, 0.1) is 0 Å². The van der Waals surface area contributed by atoms with Crippen LogP contribution in [0.4, 0.5) is 0 Å². The first kappa shape index (κ1) is 32.0. The number of Topliss-reactive ketones (excluding diaryl/α,β-unsaturated/α-hetero) is 1. The van der Waals surface area contributed by atoms with Gasteiger partial charge in [0.2, 0.25) is 5.66 Å². The van der Waals surface area contributed by atoms with Gasteiger partial charge >= 0.3 is 5.97 Å². The SMILES string of the molecule is COC1OC(C(=O)NCCCC(=O)c2ccc(C3(C)N=N3)cc2)C(OC2OC(C(=O)O)C(OC)C(O)C2O)C(O)C1O. The van der Waals surface area contributed by atoms with Crippen molar-refractivity contribution in [3.05, 3.63) is 35.4 Å². The third-order valence-electron chi connectivity index (χ3n) is 7.42. The highest BCUT2D eigenvalue weighted by Gasteiger charge is 2.54. The number of hydrogen-bond acceptors (Lipinski definition) is 14. The first-order chi connectivity index (χ1) is 19.9. The molecule has 10 atom stereocenters. The highest BCUT2D eigenvalue weighted by atomic mass is 16.7. The topological polar surface area (TPSA) is 235 Å². The zero-order chi connectivity index (χ0) is 30.8. The number of nitrogens with one attached hydrogen (secondary N) is 1. The second-order valence-corrected chi connectivity index (χ2v) is 10.3. The number of ether oxygens (including phenoxy) is 5. The summed E-state index contributed by atoms with van der Waals surface area (Å²) in [5.74, 6) is -2.49. The predicted molar refractivity (Wildman–Crippen MR) is 137 cm³/mol. The van der Waals surface area contributed by atoms with Gasteiger partial charge in [0.15, 0.2) is 30.6 Å². The fourth-order valence-corrected chi connectivity index (χ4v) is 4.83. The minimum Gasteiger partial charge on any atom is -0.479 e. The fourth-order valence-electron chi connectivity index (χ4n) is 4.83. The van der Waals surface area contributed by atoms with Crippen LogP contribution in [-0.2, 0) is 38.9 Å². The average Bonchev–Trinajstić information content (AvgIpc) is 3.73. The molecule has 232 valence electrons. The molecule has 0 aliphatic carbocycles. The third kappa shape index (κ3) is 6.66. The van der Waals surface area contributed by atoms with E-state index in [1.165, 1.54) is 7.11 Å². The number of carboxylic acids is 1. The number of ketones is 1. The van der Waals surface area contributed by atoms with Crippen molar-refractivity contribution < 1.29 is 63.6 Å². The van der Waals surface area contributed by atoms with Crippen molar-refractivity contribution in [2.75, 3.05) is 20.8 Å². The van der Waals surface area contributed by atoms with Gasteiger partial charge in [-0.2, -0.15) is 10.2 Å². The second-order valence-electron chi connectivity index (χ2n) is 10.3. The van der Waals surface area contributed by atoms with Crippen LogP contribution in [0.1, 0.15) is 35.7 Å². The Hall–Kier alpha value is -2.93. The Morgan fingerprint density at radius 2 is 1.48 bits per heavy atom. The summed E-state index contributed by atoms with van der Waals surface area (Å²) in [7, 11) is 2.29. The molecule has 10 unspecified atom stereocenters. The van der Waals surface area contributed by atoms with Gasteiger partial charge in [0.25, 0.3) is 5.91 Å². The third-order valence-corrected chi connectivity index (χ3v) is 7.42. The number of rotatable bonds is 12. The molecule has 4 rings (SSSR count). The maximum atomic E-state index is 13.1. The molecule has 3 aliphatic heterocycles. The molecule has 16 heteroatoms. The van der Waals surface area contributed by atoms with E-state index in [1.807, 2.05) is 6.92 Å². The van der Waals surface area contributed by atoms with Crippen molar-refractivity contribution in [1.29, 1.82) is 0 Å². The first-order valence-corrected chi connectivity index (χ1v) is 13.2. The first-order valence-electron chi connectivity index (χ1n) is 13.2. The molecule has 0 radical (unpaired) electrons. The summed E-state index contributed by atoms with van der Waals surface area (Å²) in [6, 6.07) is 6.93. The molecule has 16 nitrogen and oxygen atoms in total. The van der Waals surface area contributed by atoms with Crippen molar-refractivity contribution in [3.63, 3.8) is 0 Å². The van der Waals surface area contributed by atoms with Crippen molar-refractivity contribution in [3.8, 4) is 0 Å². The summed E-state index contributed by atoms with van der Waals surface area (Å²) in [5, 5.41) is 62.0. The van der Waals surface area contributed by atoms with Crippen LogP contribution in [0.3, 0.4) is 0 Å². The van der Waals surface area contributed by atoms with E-state index in [-0.39, 0.29) is 25.2 Å². The summed E-state index contributed by atoms with van der Waals surface area (Å²) >= 11 is 0. The van der Waals surface area contributed by atoms with E-state index in [1.54, 1.807) is 24.3 Å². The van der Waals surface area contributed by atoms with Crippen LogP contribution >= 0.6 is 0 Å². The number of carboxylic acid groups (broad SMARTS) is 1. The summed E-state index contributed by atoms with van der Waals surface area (Å²) < 4.78 is 26.3. The standard InChI is InChI=1S/C26H35N3O13/c1-26(28-29-26)12-8-6-11(7-9-12)13(30)5-4-10-27-22(35)20-19(15(32)16(33)24(39-3)41-20)40-25-17(34)14(31)18(38-2)21(42-25)23(36)37/h6-9,14-21,24-25,31-34H,4-5,10H2,1-3H3,(H,27,35)(H,36,37). The van der Waals surface area contributed by atoms with E-state index in [0.717, 1.165) is 12.7 Å². The smallest absolute Gasteiger partial charge is 0.335 e. The van der Waals surface area contributed by atoms with E-state index >= 15 is 0 Å². The predicted octanol–water partition coefficient (Wildman–Crippen LogP) is -1.57. The molecule has 42 heavy (non-hydrogen) atoms. The number of carbonyl (C=O) groups is 3. The van der Waals surface area contributed by atoms with Crippen LogP contribution in [0.2, 0.25) is 0 Å². The minimum absolute atomic E-state index is 0.0270. The van der Waals surface area contributed by atoms with E-state index in [0.29, 0.717) is 5.56 Å². The van der Waals surface area contributed by atoms with Crippen LogP contribution < -0.4 is 5.32 Å². The molecule has 3 heterocycles. The van der Waals surface area contributed by atoms with Crippen LogP contribution in [0.25, 0.3) is 0 Å². The minimum atomic E-state index is -1.86. The number of methoxy groups -OCH3 is 2. The van der Waals surface area contributed by atoms with Crippen LogP contribution in [0.15, 0.2) is 34.5 Å². The molecular formula is C26H35N3O13. The lowest BCUT2D eigenvalue weighted by molar-refractivity contribution is -0.348. The number of benzene rings is 1. The highest BCUT2D eigenvalue weighted by molar-refractivity contribution is 5.96. The van der Waals surface area contributed by atoms with Crippen molar-refractivity contribution in [2.45, 2.75) is 86.8 Å². The normalized spacial score (nSPS) is 35.4. The van der Waals surface area contributed by atoms with Gasteiger partial charge in [-0.25, -0.2) is 4.79 Å². The lowest BCUT2D eigenvalue weighted by atomic mass is 9.96. The van der Waals surface area contributed by atoms with E-state index in [4.69, 9.17) is 23.7 Å². The van der Waals surface area contributed by atoms with Gasteiger partial charge in [0, 0.05) is 38.3 Å². The van der Waals surface area contributed by atoms with Gasteiger partial charge in [-0.1, -0.05) is 24.3 Å². The Balaban J connectivity index is 1.37. The lowest BCUT2D eigenvalue weighted by Gasteiger charge is -2.45. The summed E-state index contributed by atoms with van der Waals surface area (Å²) in [4.78, 5) is 37.3. The maximum absolute atomic E-state index is 13.1. The summed E-state index contributed by atoms with van der Waals surface area (Å²) in [6.45, 7) is 1.88. The van der Waals surface area contributed by atoms with Gasteiger partial charge in [-0.05, 0) is 13.3 Å². The number of aliphatic carboxylic acids is 1. The van der Waals surface area contributed by atoms with Crippen molar-refractivity contribution in [1.82, 2.24) is 5.32 Å². The number of carbonyl (C=O) groups excluding carboxylic acids is 2. The quantitative estimate of drug-likeness (QED) is 0.118. The molecule has 0 aromatic heterocycles. The zero-order valence-corrected chi connectivity index (χ0v) is 23.1. The molecule has 1 aromatic carbocycles. The van der Waals surface area contributed by atoms with Gasteiger partial charge in [0.1, 0.15) is 36.6 Å². The number of nitrogens with zero attached hydrogens (tertiary/aromatic N) is 2. The number of amides is 1. The van der Waals surface area contributed by atoms with Crippen LogP contribution in [0, 0.1) is 0 Å². The molecule has 2 saturated heterocycles.